The highest BCUT2D eigenvalue weighted by Gasteiger charge is 2.40. The number of rotatable bonds is 5. The second-order valence-corrected chi connectivity index (χ2v) is 10.4. The lowest BCUT2D eigenvalue weighted by atomic mass is 10.1. The van der Waals surface area contributed by atoms with Crippen molar-refractivity contribution in [2.45, 2.75) is 43.4 Å². The standard InChI is InChI=1S/C22H26ClN3O5S/c1-14-13-25(9-10-31-14)21(27)15(2)26-8-7-20(22(26)28)24-32(29,30)19-6-4-16-11-18(23)5-3-17(16)12-19/h3-6,11-12,14-15,20,24H,7-10,13H2,1-2H3/t14?,15-,20-/m0/s1. The summed E-state index contributed by atoms with van der Waals surface area (Å²) in [5.41, 5.74) is 0. The van der Waals surface area contributed by atoms with Crippen molar-refractivity contribution in [1.82, 2.24) is 14.5 Å². The zero-order valence-electron chi connectivity index (χ0n) is 18.0. The summed E-state index contributed by atoms with van der Waals surface area (Å²) in [4.78, 5) is 29.0. The average Bonchev–Trinajstić information content (AvgIpc) is 3.11. The number of amides is 2. The van der Waals surface area contributed by atoms with E-state index in [1.54, 1.807) is 42.2 Å². The Bertz CT molecular complexity index is 1160. The molecular formula is C22H26ClN3O5S. The normalized spacial score (nSPS) is 23.0. The van der Waals surface area contributed by atoms with Crippen LogP contribution >= 0.6 is 11.6 Å². The number of sulfonamides is 1. The largest absolute Gasteiger partial charge is 0.375 e. The van der Waals surface area contributed by atoms with Gasteiger partial charge in [0.25, 0.3) is 0 Å². The third kappa shape index (κ3) is 4.61. The molecule has 1 N–H and O–H groups in total. The van der Waals surface area contributed by atoms with Crippen LogP contribution in [0.1, 0.15) is 20.3 Å². The Balaban J connectivity index is 1.45. The molecule has 32 heavy (non-hydrogen) atoms. The van der Waals surface area contributed by atoms with Crippen LogP contribution in [0.25, 0.3) is 10.8 Å². The highest BCUT2D eigenvalue weighted by atomic mass is 35.5. The molecule has 10 heteroatoms. The first-order valence-corrected chi connectivity index (χ1v) is 12.4. The minimum atomic E-state index is -3.92. The van der Waals surface area contributed by atoms with Gasteiger partial charge in [0, 0.05) is 24.7 Å². The Kier molecular flexibility index (Phi) is 6.44. The molecule has 2 aromatic carbocycles. The summed E-state index contributed by atoms with van der Waals surface area (Å²) in [6.45, 7) is 5.33. The fourth-order valence-electron chi connectivity index (χ4n) is 4.23. The lowest BCUT2D eigenvalue weighted by Gasteiger charge is -2.35. The van der Waals surface area contributed by atoms with Gasteiger partial charge in [-0.2, -0.15) is 4.72 Å². The van der Waals surface area contributed by atoms with Gasteiger partial charge in [-0.1, -0.05) is 23.7 Å². The summed E-state index contributed by atoms with van der Waals surface area (Å²) >= 11 is 5.99. The van der Waals surface area contributed by atoms with Gasteiger partial charge in [-0.05, 0) is 55.3 Å². The van der Waals surface area contributed by atoms with E-state index in [9.17, 15) is 18.0 Å². The van der Waals surface area contributed by atoms with E-state index in [1.165, 1.54) is 11.0 Å². The molecule has 172 valence electrons. The number of nitrogens with one attached hydrogen (secondary N) is 1. The Morgan fingerprint density at radius 3 is 2.66 bits per heavy atom. The molecule has 2 saturated heterocycles. The third-order valence-electron chi connectivity index (χ3n) is 6.00. The van der Waals surface area contributed by atoms with Gasteiger partial charge in [0.1, 0.15) is 12.1 Å². The molecule has 0 bridgehead atoms. The maximum atomic E-state index is 12.9. The second kappa shape index (κ2) is 8.97. The first kappa shape index (κ1) is 23.0. The van der Waals surface area contributed by atoms with Crippen molar-refractivity contribution >= 4 is 44.2 Å². The van der Waals surface area contributed by atoms with E-state index in [1.807, 2.05) is 6.92 Å². The smallest absolute Gasteiger partial charge is 0.245 e. The van der Waals surface area contributed by atoms with Gasteiger partial charge in [0.2, 0.25) is 21.8 Å². The summed E-state index contributed by atoms with van der Waals surface area (Å²) in [5.74, 6) is -0.534. The molecule has 2 aromatic rings. The van der Waals surface area contributed by atoms with Crippen molar-refractivity contribution in [3.63, 3.8) is 0 Å². The molecule has 3 atom stereocenters. The van der Waals surface area contributed by atoms with E-state index in [-0.39, 0.29) is 22.8 Å². The Morgan fingerprint density at radius 2 is 1.91 bits per heavy atom. The maximum absolute atomic E-state index is 12.9. The number of carbonyl (C=O) groups excluding carboxylic acids is 2. The van der Waals surface area contributed by atoms with E-state index in [2.05, 4.69) is 4.72 Å². The van der Waals surface area contributed by atoms with Crippen molar-refractivity contribution in [2.24, 2.45) is 0 Å². The Hall–Kier alpha value is -2.20. The van der Waals surface area contributed by atoms with Gasteiger partial charge >= 0.3 is 0 Å². The van der Waals surface area contributed by atoms with Gasteiger partial charge in [0.05, 0.1) is 17.6 Å². The molecule has 0 aromatic heterocycles. The second-order valence-electron chi connectivity index (χ2n) is 8.29. The van der Waals surface area contributed by atoms with Crippen LogP contribution in [0.5, 0.6) is 0 Å². The number of halogens is 1. The number of hydrogen-bond acceptors (Lipinski definition) is 5. The fourth-order valence-corrected chi connectivity index (χ4v) is 5.67. The molecule has 2 heterocycles. The van der Waals surface area contributed by atoms with Crippen LogP contribution in [0.3, 0.4) is 0 Å². The molecular weight excluding hydrogens is 454 g/mol. The van der Waals surface area contributed by atoms with Crippen LogP contribution in [0.15, 0.2) is 41.3 Å². The first-order chi connectivity index (χ1) is 15.2. The molecule has 0 spiro atoms. The van der Waals surface area contributed by atoms with E-state index in [0.717, 1.165) is 10.8 Å². The summed E-state index contributed by atoms with van der Waals surface area (Å²) in [7, 11) is -3.92. The molecule has 8 nitrogen and oxygen atoms in total. The fraction of sp³-hybridized carbons (Fsp3) is 0.455. The van der Waals surface area contributed by atoms with E-state index < -0.39 is 22.1 Å². The zero-order chi connectivity index (χ0) is 23.0. The number of benzene rings is 2. The maximum Gasteiger partial charge on any atom is 0.245 e. The lowest BCUT2D eigenvalue weighted by molar-refractivity contribution is -0.148. The molecule has 0 radical (unpaired) electrons. The van der Waals surface area contributed by atoms with Crippen LogP contribution < -0.4 is 4.72 Å². The minimum Gasteiger partial charge on any atom is -0.375 e. The van der Waals surface area contributed by atoms with Crippen molar-refractivity contribution in [3.8, 4) is 0 Å². The lowest BCUT2D eigenvalue weighted by Crippen LogP contribution is -2.53. The molecule has 0 saturated carbocycles. The predicted octanol–water partition coefficient (Wildman–Crippen LogP) is 2.01. The van der Waals surface area contributed by atoms with Crippen LogP contribution in [0, 0.1) is 0 Å². The van der Waals surface area contributed by atoms with Crippen LogP contribution in [-0.4, -0.2) is 74.5 Å². The number of carbonyl (C=O) groups is 2. The Morgan fingerprint density at radius 1 is 1.19 bits per heavy atom. The number of morpholine rings is 1. The number of ether oxygens (including phenoxy) is 1. The average molecular weight is 480 g/mol. The van der Waals surface area contributed by atoms with Gasteiger partial charge in [-0.15, -0.1) is 0 Å². The van der Waals surface area contributed by atoms with E-state index in [4.69, 9.17) is 16.3 Å². The van der Waals surface area contributed by atoms with Gasteiger partial charge in [0.15, 0.2) is 0 Å². The van der Waals surface area contributed by atoms with Crippen molar-refractivity contribution < 1.29 is 22.7 Å². The molecule has 2 fully saturated rings. The van der Waals surface area contributed by atoms with E-state index >= 15 is 0 Å². The summed E-state index contributed by atoms with van der Waals surface area (Å²) in [5, 5.41) is 2.12. The molecule has 0 aliphatic carbocycles. The predicted molar refractivity (Wildman–Crippen MR) is 121 cm³/mol. The number of fused-ring (bicyclic) bond motifs is 1. The van der Waals surface area contributed by atoms with E-state index in [0.29, 0.717) is 37.7 Å². The molecule has 1 unspecified atom stereocenters. The van der Waals surface area contributed by atoms with Crippen molar-refractivity contribution in [3.05, 3.63) is 41.4 Å². The minimum absolute atomic E-state index is 0.0493. The van der Waals surface area contributed by atoms with Crippen LogP contribution in [0.2, 0.25) is 5.02 Å². The number of hydrogen-bond donors (Lipinski definition) is 1. The molecule has 4 rings (SSSR count). The Labute approximate surface area is 192 Å². The molecule has 2 aliphatic rings. The number of likely N-dealkylation sites (tertiary alicyclic amines) is 1. The topological polar surface area (TPSA) is 96.0 Å². The highest BCUT2D eigenvalue weighted by Crippen LogP contribution is 2.24. The monoisotopic (exact) mass is 479 g/mol. The quantitative estimate of drug-likeness (QED) is 0.707. The number of nitrogens with zero attached hydrogens (tertiary/aromatic N) is 2. The highest BCUT2D eigenvalue weighted by molar-refractivity contribution is 7.89. The van der Waals surface area contributed by atoms with Gasteiger partial charge in [-0.3, -0.25) is 9.59 Å². The SMILES string of the molecule is CC1CN(C(=O)[C@H](C)N2CC[C@H](NS(=O)(=O)c3ccc4cc(Cl)ccc4c3)C2=O)CCO1. The van der Waals surface area contributed by atoms with Gasteiger partial charge in [-0.25, -0.2) is 8.42 Å². The molecule has 2 amide bonds. The van der Waals surface area contributed by atoms with Crippen LogP contribution in [0.4, 0.5) is 0 Å². The third-order valence-corrected chi connectivity index (χ3v) is 7.70. The van der Waals surface area contributed by atoms with Crippen LogP contribution in [-0.2, 0) is 24.3 Å². The first-order valence-electron chi connectivity index (χ1n) is 10.6. The molecule has 2 aliphatic heterocycles. The van der Waals surface area contributed by atoms with Crippen molar-refractivity contribution in [1.29, 1.82) is 0 Å². The summed E-state index contributed by atoms with van der Waals surface area (Å²) in [6, 6.07) is 8.36. The zero-order valence-corrected chi connectivity index (χ0v) is 19.5. The summed E-state index contributed by atoms with van der Waals surface area (Å²) in [6.07, 6.45) is 0.255. The van der Waals surface area contributed by atoms with Crippen molar-refractivity contribution in [2.75, 3.05) is 26.2 Å². The van der Waals surface area contributed by atoms with Gasteiger partial charge < -0.3 is 14.5 Å². The summed E-state index contributed by atoms with van der Waals surface area (Å²) < 4.78 is 33.9.